The Balaban J connectivity index is 2.77. The number of nitrogens with zero attached hydrogens (tertiary/aromatic N) is 1. The van der Waals surface area contributed by atoms with Crippen LogP contribution in [-0.4, -0.2) is 23.1 Å². The maximum Gasteiger partial charge on any atom is 0.416 e. The van der Waals surface area contributed by atoms with Crippen LogP contribution in [0.25, 0.3) is 0 Å². The third-order valence-corrected chi connectivity index (χ3v) is 2.23. The molecule has 0 saturated heterocycles. The summed E-state index contributed by atoms with van der Waals surface area (Å²) < 4.78 is 5.25. The summed E-state index contributed by atoms with van der Waals surface area (Å²) in [5.41, 5.74) is -0.363. The van der Waals surface area contributed by atoms with Gasteiger partial charge in [0.15, 0.2) is 0 Å². The second-order valence-electron chi connectivity index (χ2n) is 4.64. The quantitative estimate of drug-likeness (QED) is 0.732. The van der Waals surface area contributed by atoms with E-state index < -0.39 is 6.09 Å². The third kappa shape index (κ3) is 3.84. The van der Waals surface area contributed by atoms with E-state index in [1.165, 1.54) is 4.90 Å². The first kappa shape index (κ1) is 13.1. The molecule has 17 heavy (non-hydrogen) atoms. The number of hydrogen-bond acceptors (Lipinski definition) is 2. The molecule has 0 heterocycles. The standard InChI is InChI=1S/C14H17NO2/c1-5-11-15(14(2,3)4)13(16)17-12-9-7-6-8-10-12/h1,6-10H,11H2,2-4H3. The number of para-hydroxylation sites is 1. The van der Waals surface area contributed by atoms with Crippen molar-refractivity contribution >= 4 is 6.09 Å². The Kier molecular flexibility index (Phi) is 4.17. The van der Waals surface area contributed by atoms with Gasteiger partial charge in [-0.3, -0.25) is 4.90 Å². The zero-order chi connectivity index (χ0) is 12.9. The predicted molar refractivity (Wildman–Crippen MR) is 67.8 cm³/mol. The van der Waals surface area contributed by atoms with E-state index in [-0.39, 0.29) is 12.1 Å². The molecule has 0 radical (unpaired) electrons. The maximum absolute atomic E-state index is 12.0. The Labute approximate surface area is 102 Å². The molecule has 0 atom stereocenters. The van der Waals surface area contributed by atoms with Crippen LogP contribution in [0.2, 0.25) is 0 Å². The number of carbonyl (C=O) groups is 1. The molecular formula is C14H17NO2. The fraction of sp³-hybridized carbons (Fsp3) is 0.357. The molecule has 0 aromatic heterocycles. The summed E-state index contributed by atoms with van der Waals surface area (Å²) in [5, 5.41) is 0. The number of rotatable bonds is 2. The van der Waals surface area contributed by atoms with Crippen LogP contribution >= 0.6 is 0 Å². The highest BCUT2D eigenvalue weighted by Gasteiger charge is 2.27. The Morgan fingerprint density at radius 3 is 2.41 bits per heavy atom. The van der Waals surface area contributed by atoms with Crippen LogP contribution in [-0.2, 0) is 0 Å². The number of hydrogen-bond donors (Lipinski definition) is 0. The monoisotopic (exact) mass is 231 g/mol. The molecule has 0 bridgehead atoms. The molecule has 0 aliphatic carbocycles. The van der Waals surface area contributed by atoms with Crippen LogP contribution in [0.3, 0.4) is 0 Å². The van der Waals surface area contributed by atoms with Crippen molar-refractivity contribution in [3.63, 3.8) is 0 Å². The molecule has 1 amide bonds. The summed E-state index contributed by atoms with van der Waals surface area (Å²) >= 11 is 0. The highest BCUT2D eigenvalue weighted by molar-refractivity contribution is 5.71. The first-order valence-electron chi connectivity index (χ1n) is 5.43. The molecule has 0 saturated carbocycles. The third-order valence-electron chi connectivity index (χ3n) is 2.23. The molecule has 3 heteroatoms. The fourth-order valence-electron chi connectivity index (χ4n) is 1.31. The molecule has 0 aliphatic rings. The summed E-state index contributed by atoms with van der Waals surface area (Å²) in [7, 11) is 0. The summed E-state index contributed by atoms with van der Waals surface area (Å²) in [6.07, 6.45) is 4.83. The number of amides is 1. The fourth-order valence-corrected chi connectivity index (χ4v) is 1.31. The number of benzene rings is 1. The first-order valence-corrected chi connectivity index (χ1v) is 5.43. The number of ether oxygens (including phenoxy) is 1. The molecule has 1 aromatic rings. The SMILES string of the molecule is C#CCN(C(=O)Oc1ccccc1)C(C)(C)C. The average Bonchev–Trinajstić information content (AvgIpc) is 2.25. The molecule has 90 valence electrons. The van der Waals surface area contributed by atoms with Gasteiger partial charge in [0, 0.05) is 5.54 Å². The smallest absolute Gasteiger partial charge is 0.410 e. The van der Waals surface area contributed by atoms with Gasteiger partial charge in [-0.1, -0.05) is 24.1 Å². The zero-order valence-electron chi connectivity index (χ0n) is 10.4. The van der Waals surface area contributed by atoms with Gasteiger partial charge in [0.05, 0.1) is 6.54 Å². The van der Waals surface area contributed by atoms with Crippen molar-refractivity contribution in [3.05, 3.63) is 30.3 Å². The molecule has 0 unspecified atom stereocenters. The van der Waals surface area contributed by atoms with E-state index in [0.29, 0.717) is 5.75 Å². The van der Waals surface area contributed by atoms with E-state index in [1.54, 1.807) is 12.1 Å². The molecule has 0 aliphatic heterocycles. The van der Waals surface area contributed by atoms with Crippen molar-refractivity contribution in [1.29, 1.82) is 0 Å². The Morgan fingerprint density at radius 2 is 1.94 bits per heavy atom. The second-order valence-corrected chi connectivity index (χ2v) is 4.64. The lowest BCUT2D eigenvalue weighted by Crippen LogP contribution is -2.47. The number of terminal acetylenes is 1. The predicted octanol–water partition coefficient (Wildman–Crippen LogP) is 2.92. The highest BCUT2D eigenvalue weighted by atomic mass is 16.6. The average molecular weight is 231 g/mol. The van der Waals surface area contributed by atoms with Crippen LogP contribution in [0, 0.1) is 12.3 Å². The van der Waals surface area contributed by atoms with E-state index in [0.717, 1.165) is 0 Å². The minimum Gasteiger partial charge on any atom is -0.410 e. The van der Waals surface area contributed by atoms with Gasteiger partial charge in [-0.25, -0.2) is 4.79 Å². The summed E-state index contributed by atoms with van der Waals surface area (Å²) in [4.78, 5) is 13.5. The summed E-state index contributed by atoms with van der Waals surface area (Å²) in [6.45, 7) is 5.97. The van der Waals surface area contributed by atoms with Crippen molar-refractivity contribution < 1.29 is 9.53 Å². The van der Waals surface area contributed by atoms with Gasteiger partial charge in [0.25, 0.3) is 0 Å². The van der Waals surface area contributed by atoms with E-state index in [1.807, 2.05) is 39.0 Å². The largest absolute Gasteiger partial charge is 0.416 e. The Hall–Kier alpha value is -1.95. The van der Waals surface area contributed by atoms with Gasteiger partial charge in [0.2, 0.25) is 0 Å². The Morgan fingerprint density at radius 1 is 1.35 bits per heavy atom. The van der Waals surface area contributed by atoms with Gasteiger partial charge in [0.1, 0.15) is 5.75 Å². The summed E-state index contributed by atoms with van der Waals surface area (Å²) in [5.74, 6) is 2.98. The van der Waals surface area contributed by atoms with Crippen LogP contribution in [0.15, 0.2) is 30.3 Å². The van der Waals surface area contributed by atoms with E-state index in [2.05, 4.69) is 5.92 Å². The normalized spacial score (nSPS) is 10.5. The molecular weight excluding hydrogens is 214 g/mol. The lowest BCUT2D eigenvalue weighted by Gasteiger charge is -2.32. The molecule has 3 nitrogen and oxygen atoms in total. The molecule has 0 spiro atoms. The van der Waals surface area contributed by atoms with Crippen LogP contribution in [0.5, 0.6) is 5.75 Å². The van der Waals surface area contributed by atoms with E-state index in [4.69, 9.17) is 11.2 Å². The van der Waals surface area contributed by atoms with Crippen molar-refractivity contribution in [2.24, 2.45) is 0 Å². The van der Waals surface area contributed by atoms with Crippen LogP contribution < -0.4 is 4.74 Å². The molecule has 0 N–H and O–H groups in total. The van der Waals surface area contributed by atoms with Crippen molar-refractivity contribution in [2.75, 3.05) is 6.54 Å². The minimum absolute atomic E-state index is 0.231. The molecule has 1 rings (SSSR count). The summed E-state index contributed by atoms with van der Waals surface area (Å²) in [6, 6.07) is 8.94. The van der Waals surface area contributed by atoms with Crippen molar-refractivity contribution in [3.8, 4) is 18.1 Å². The topological polar surface area (TPSA) is 29.5 Å². The van der Waals surface area contributed by atoms with Gasteiger partial charge < -0.3 is 4.74 Å². The maximum atomic E-state index is 12.0. The van der Waals surface area contributed by atoms with Crippen LogP contribution in [0.4, 0.5) is 4.79 Å². The molecule has 0 fully saturated rings. The zero-order valence-corrected chi connectivity index (χ0v) is 10.4. The second kappa shape index (κ2) is 5.40. The Bertz CT molecular complexity index is 412. The van der Waals surface area contributed by atoms with E-state index in [9.17, 15) is 4.79 Å². The number of carbonyl (C=O) groups excluding carboxylic acids is 1. The van der Waals surface area contributed by atoms with Gasteiger partial charge in [-0.15, -0.1) is 6.42 Å². The first-order chi connectivity index (χ1) is 7.95. The lowest BCUT2D eigenvalue weighted by molar-refractivity contribution is 0.116. The highest BCUT2D eigenvalue weighted by Crippen LogP contribution is 2.16. The van der Waals surface area contributed by atoms with Crippen LogP contribution in [0.1, 0.15) is 20.8 Å². The van der Waals surface area contributed by atoms with Gasteiger partial charge in [-0.05, 0) is 32.9 Å². The van der Waals surface area contributed by atoms with Crippen molar-refractivity contribution in [2.45, 2.75) is 26.3 Å². The van der Waals surface area contributed by atoms with Crippen molar-refractivity contribution in [1.82, 2.24) is 4.90 Å². The lowest BCUT2D eigenvalue weighted by atomic mass is 10.1. The minimum atomic E-state index is -0.429. The molecule has 1 aromatic carbocycles. The van der Waals surface area contributed by atoms with Gasteiger partial charge in [-0.2, -0.15) is 0 Å². The van der Waals surface area contributed by atoms with E-state index >= 15 is 0 Å². The van der Waals surface area contributed by atoms with Gasteiger partial charge >= 0.3 is 6.09 Å².